The summed E-state index contributed by atoms with van der Waals surface area (Å²) in [6, 6.07) is 4.78. The number of aliphatic hydroxyl groups excluding tert-OH is 1. The van der Waals surface area contributed by atoms with Gasteiger partial charge in [-0.2, -0.15) is 4.68 Å². The Balaban J connectivity index is 2.66. The zero-order valence-electron chi connectivity index (χ0n) is 14.9. The fourth-order valence-electron chi connectivity index (χ4n) is 2.65. The van der Waals surface area contributed by atoms with E-state index in [1.165, 1.54) is 18.5 Å². The van der Waals surface area contributed by atoms with Gasteiger partial charge >= 0.3 is 5.69 Å². The van der Waals surface area contributed by atoms with Gasteiger partial charge in [0.05, 0.1) is 11.7 Å². The standard InChI is InChI=1S/C17H24N4O4/c1-5-7-10(2)25-14-12(15(18)23)8-6-9-13(14)21-17(24)20(4)16(19-21)11(3)22/h6,8-11,22H,5,7H2,1-4H3,(H2,18,23)/t10-,11?/m1/s1. The molecule has 0 fully saturated rings. The average molecular weight is 348 g/mol. The second-order valence-corrected chi connectivity index (χ2v) is 6.02. The number of para-hydroxylation sites is 1. The first kappa shape index (κ1) is 18.7. The molecule has 25 heavy (non-hydrogen) atoms. The highest BCUT2D eigenvalue weighted by atomic mass is 16.5. The Labute approximate surface area is 145 Å². The Morgan fingerprint density at radius 2 is 2.08 bits per heavy atom. The van der Waals surface area contributed by atoms with Gasteiger partial charge in [-0.05, 0) is 32.4 Å². The molecule has 0 saturated carbocycles. The lowest BCUT2D eigenvalue weighted by atomic mass is 10.1. The van der Waals surface area contributed by atoms with Crippen LogP contribution in [0.3, 0.4) is 0 Å². The van der Waals surface area contributed by atoms with Crippen LogP contribution < -0.4 is 16.2 Å². The lowest BCUT2D eigenvalue weighted by Crippen LogP contribution is -2.25. The highest BCUT2D eigenvalue weighted by molar-refractivity contribution is 5.96. The van der Waals surface area contributed by atoms with Crippen molar-refractivity contribution in [3.05, 3.63) is 40.1 Å². The average Bonchev–Trinajstić information content (AvgIpc) is 2.83. The molecule has 8 heteroatoms. The Bertz CT molecular complexity index is 823. The van der Waals surface area contributed by atoms with Crippen LogP contribution in [0.25, 0.3) is 5.69 Å². The van der Waals surface area contributed by atoms with Gasteiger partial charge in [0.2, 0.25) is 0 Å². The van der Waals surface area contributed by atoms with E-state index in [-0.39, 0.29) is 23.2 Å². The van der Waals surface area contributed by atoms with Crippen molar-refractivity contribution in [1.82, 2.24) is 14.3 Å². The molecule has 8 nitrogen and oxygen atoms in total. The molecule has 0 aliphatic carbocycles. The largest absolute Gasteiger partial charge is 0.488 e. The van der Waals surface area contributed by atoms with Gasteiger partial charge in [0, 0.05) is 7.05 Å². The number of amides is 1. The second kappa shape index (κ2) is 7.52. The second-order valence-electron chi connectivity index (χ2n) is 6.02. The molecule has 0 bridgehead atoms. The van der Waals surface area contributed by atoms with E-state index in [1.807, 2.05) is 13.8 Å². The molecule has 3 N–H and O–H groups in total. The molecule has 1 unspecified atom stereocenters. The van der Waals surface area contributed by atoms with Crippen molar-refractivity contribution in [3.63, 3.8) is 0 Å². The molecular formula is C17H24N4O4. The maximum atomic E-state index is 12.5. The molecule has 2 atom stereocenters. The molecular weight excluding hydrogens is 324 g/mol. The number of aromatic nitrogens is 3. The summed E-state index contributed by atoms with van der Waals surface area (Å²) in [6.45, 7) is 5.43. The summed E-state index contributed by atoms with van der Waals surface area (Å²) in [5.74, 6) is -0.226. The summed E-state index contributed by atoms with van der Waals surface area (Å²) >= 11 is 0. The predicted octanol–water partition coefficient (Wildman–Crippen LogP) is 1.29. The summed E-state index contributed by atoms with van der Waals surface area (Å²) in [7, 11) is 1.52. The lowest BCUT2D eigenvalue weighted by molar-refractivity contribution is 0.0993. The third-order valence-corrected chi connectivity index (χ3v) is 3.89. The number of primary amides is 1. The zero-order chi connectivity index (χ0) is 18.7. The molecule has 0 radical (unpaired) electrons. The van der Waals surface area contributed by atoms with Crippen molar-refractivity contribution in [2.45, 2.75) is 45.8 Å². The lowest BCUT2D eigenvalue weighted by Gasteiger charge is -2.18. The molecule has 0 aliphatic rings. The van der Waals surface area contributed by atoms with Crippen LogP contribution in [0.15, 0.2) is 23.0 Å². The van der Waals surface area contributed by atoms with Crippen LogP contribution in [0.1, 0.15) is 55.9 Å². The van der Waals surface area contributed by atoms with Gasteiger partial charge in [0.1, 0.15) is 11.8 Å². The molecule has 1 aromatic heterocycles. The monoisotopic (exact) mass is 348 g/mol. The van der Waals surface area contributed by atoms with E-state index >= 15 is 0 Å². The molecule has 1 amide bonds. The number of hydrogen-bond donors (Lipinski definition) is 2. The number of rotatable bonds is 7. The number of ether oxygens (including phenoxy) is 1. The fourth-order valence-corrected chi connectivity index (χ4v) is 2.65. The maximum Gasteiger partial charge on any atom is 0.350 e. The quantitative estimate of drug-likeness (QED) is 0.783. The Kier molecular flexibility index (Phi) is 5.63. The van der Waals surface area contributed by atoms with Gasteiger partial charge in [-0.1, -0.05) is 19.4 Å². The van der Waals surface area contributed by atoms with Gasteiger partial charge < -0.3 is 15.6 Å². The Morgan fingerprint density at radius 3 is 2.60 bits per heavy atom. The number of carbonyl (C=O) groups is 1. The summed E-state index contributed by atoms with van der Waals surface area (Å²) < 4.78 is 8.29. The Morgan fingerprint density at radius 1 is 1.40 bits per heavy atom. The fraction of sp³-hybridized carbons (Fsp3) is 0.471. The van der Waals surface area contributed by atoms with Crippen molar-refractivity contribution < 1.29 is 14.6 Å². The molecule has 1 aromatic carbocycles. The topological polar surface area (TPSA) is 112 Å². The normalized spacial score (nSPS) is 13.5. The van der Waals surface area contributed by atoms with Crippen molar-refractivity contribution in [2.24, 2.45) is 12.8 Å². The third-order valence-electron chi connectivity index (χ3n) is 3.89. The number of hydrogen-bond acceptors (Lipinski definition) is 5. The van der Waals surface area contributed by atoms with E-state index in [2.05, 4.69) is 5.10 Å². The van der Waals surface area contributed by atoms with E-state index in [1.54, 1.807) is 18.2 Å². The van der Waals surface area contributed by atoms with Gasteiger partial charge in [0.15, 0.2) is 11.6 Å². The van der Waals surface area contributed by atoms with E-state index in [9.17, 15) is 14.7 Å². The van der Waals surface area contributed by atoms with Gasteiger partial charge in [0.25, 0.3) is 5.91 Å². The van der Waals surface area contributed by atoms with Crippen LogP contribution in [0.4, 0.5) is 0 Å². The SMILES string of the molecule is CCC[C@@H](C)Oc1c(C(N)=O)cccc1-n1nc(C(C)O)n(C)c1=O. The van der Waals surface area contributed by atoms with Crippen LogP contribution in [-0.4, -0.2) is 31.5 Å². The number of nitrogens with zero attached hydrogens (tertiary/aromatic N) is 3. The van der Waals surface area contributed by atoms with Crippen molar-refractivity contribution in [2.75, 3.05) is 0 Å². The number of carbonyl (C=O) groups excluding carboxylic acids is 1. The van der Waals surface area contributed by atoms with Crippen LogP contribution in [-0.2, 0) is 7.05 Å². The molecule has 2 rings (SSSR count). The minimum Gasteiger partial charge on any atom is -0.488 e. The molecule has 2 aromatic rings. The first-order chi connectivity index (χ1) is 11.8. The minimum atomic E-state index is -0.915. The maximum absolute atomic E-state index is 12.5. The minimum absolute atomic E-state index is 0.167. The first-order valence-corrected chi connectivity index (χ1v) is 8.21. The Hall–Kier alpha value is -2.61. The molecule has 0 saturated heterocycles. The van der Waals surface area contributed by atoms with E-state index in [0.717, 1.165) is 17.5 Å². The highest BCUT2D eigenvalue weighted by Crippen LogP contribution is 2.28. The van der Waals surface area contributed by atoms with Crippen LogP contribution in [0.2, 0.25) is 0 Å². The van der Waals surface area contributed by atoms with Gasteiger partial charge in [-0.15, -0.1) is 5.10 Å². The van der Waals surface area contributed by atoms with Crippen molar-refractivity contribution in [1.29, 1.82) is 0 Å². The summed E-state index contributed by atoms with van der Waals surface area (Å²) in [5.41, 5.74) is 5.50. The molecule has 0 aliphatic heterocycles. The van der Waals surface area contributed by atoms with E-state index in [4.69, 9.17) is 10.5 Å². The smallest absolute Gasteiger partial charge is 0.350 e. The van der Waals surface area contributed by atoms with Crippen LogP contribution in [0, 0.1) is 0 Å². The number of nitrogens with two attached hydrogens (primary N) is 1. The third kappa shape index (κ3) is 3.74. The van der Waals surface area contributed by atoms with Crippen LogP contribution in [0.5, 0.6) is 5.75 Å². The van der Waals surface area contributed by atoms with Crippen molar-refractivity contribution >= 4 is 5.91 Å². The van der Waals surface area contributed by atoms with Crippen LogP contribution >= 0.6 is 0 Å². The number of benzene rings is 1. The van der Waals surface area contributed by atoms with Gasteiger partial charge in [-0.25, -0.2) is 4.79 Å². The van der Waals surface area contributed by atoms with E-state index < -0.39 is 17.7 Å². The number of aliphatic hydroxyl groups is 1. The summed E-state index contributed by atoms with van der Waals surface area (Å²) in [4.78, 5) is 24.3. The van der Waals surface area contributed by atoms with Crippen molar-refractivity contribution in [3.8, 4) is 11.4 Å². The highest BCUT2D eigenvalue weighted by Gasteiger charge is 2.22. The molecule has 136 valence electrons. The van der Waals surface area contributed by atoms with Gasteiger partial charge in [-0.3, -0.25) is 9.36 Å². The predicted molar refractivity (Wildman–Crippen MR) is 93.0 cm³/mol. The molecule has 1 heterocycles. The summed E-state index contributed by atoms with van der Waals surface area (Å²) in [6.07, 6.45) is 0.606. The zero-order valence-corrected chi connectivity index (χ0v) is 14.9. The van der Waals surface area contributed by atoms with E-state index in [0.29, 0.717) is 5.69 Å². The first-order valence-electron chi connectivity index (χ1n) is 8.21. The summed E-state index contributed by atoms with van der Waals surface area (Å²) in [5, 5.41) is 14.0. The molecule has 0 spiro atoms.